The largest absolute Gasteiger partial charge is 0.378 e. The molecule has 0 radical (unpaired) electrons. The molecular formula is C19H14Cl2N8O2. The minimum atomic E-state index is -0.584. The summed E-state index contributed by atoms with van der Waals surface area (Å²) in [7, 11) is 0. The Labute approximate surface area is 185 Å². The van der Waals surface area contributed by atoms with Crippen LogP contribution in [0.1, 0.15) is 23.0 Å². The fraction of sp³-hybridized carbons (Fsp3) is 0.0526. The van der Waals surface area contributed by atoms with Crippen molar-refractivity contribution in [3.05, 3.63) is 69.8 Å². The van der Waals surface area contributed by atoms with E-state index in [1.165, 1.54) is 4.68 Å². The first-order valence-corrected chi connectivity index (χ1v) is 9.61. The molecule has 156 valence electrons. The van der Waals surface area contributed by atoms with Crippen molar-refractivity contribution < 1.29 is 9.42 Å². The Morgan fingerprint density at radius 3 is 2.58 bits per heavy atom. The van der Waals surface area contributed by atoms with Gasteiger partial charge in [0.2, 0.25) is 11.6 Å². The molecule has 0 saturated heterocycles. The van der Waals surface area contributed by atoms with E-state index in [0.717, 1.165) is 0 Å². The highest BCUT2D eigenvalue weighted by molar-refractivity contribution is 6.42. The van der Waals surface area contributed by atoms with Gasteiger partial charge in [0.1, 0.15) is 5.69 Å². The van der Waals surface area contributed by atoms with Crippen LogP contribution in [0.4, 0.5) is 5.82 Å². The van der Waals surface area contributed by atoms with Crippen molar-refractivity contribution in [2.75, 3.05) is 5.73 Å². The predicted molar refractivity (Wildman–Crippen MR) is 115 cm³/mol. The summed E-state index contributed by atoms with van der Waals surface area (Å²) in [6, 6.07) is 14.1. The van der Waals surface area contributed by atoms with Crippen LogP contribution in [0.15, 0.2) is 58.3 Å². The summed E-state index contributed by atoms with van der Waals surface area (Å²) in [5.41, 5.74) is 10.5. The maximum atomic E-state index is 12.9. The molecule has 0 aliphatic rings. The Morgan fingerprint density at radius 2 is 1.90 bits per heavy atom. The quantitative estimate of drug-likeness (QED) is 0.346. The molecule has 0 aliphatic carbocycles. The molecular weight excluding hydrogens is 443 g/mol. The summed E-state index contributed by atoms with van der Waals surface area (Å²) in [5, 5.41) is 20.2. The number of nitrogens with two attached hydrogens (primary N) is 1. The molecule has 1 amide bonds. The summed E-state index contributed by atoms with van der Waals surface area (Å²) >= 11 is 12.0. The molecule has 4 rings (SSSR count). The minimum absolute atomic E-state index is 0.00233. The van der Waals surface area contributed by atoms with Gasteiger partial charge in [-0.05, 0) is 34.9 Å². The molecule has 31 heavy (non-hydrogen) atoms. The number of nitrogen functional groups attached to an aromatic ring is 1. The van der Waals surface area contributed by atoms with Crippen molar-refractivity contribution in [1.82, 2.24) is 30.7 Å². The first-order chi connectivity index (χ1) is 15.0. The van der Waals surface area contributed by atoms with Crippen molar-refractivity contribution in [2.45, 2.75) is 6.92 Å². The Bertz CT molecular complexity index is 1280. The summed E-state index contributed by atoms with van der Waals surface area (Å²) < 4.78 is 5.93. The van der Waals surface area contributed by atoms with Crippen LogP contribution in [0.5, 0.6) is 0 Å². The Hall–Kier alpha value is -3.76. The van der Waals surface area contributed by atoms with E-state index in [4.69, 9.17) is 28.9 Å². The molecule has 0 fully saturated rings. The lowest BCUT2D eigenvalue weighted by molar-refractivity contribution is 0.0950. The third-order valence-corrected chi connectivity index (χ3v) is 5.03. The normalized spacial score (nSPS) is 11.5. The van der Waals surface area contributed by atoms with Crippen LogP contribution in [-0.4, -0.2) is 36.9 Å². The minimum Gasteiger partial charge on any atom is -0.378 e. The molecule has 3 N–H and O–H groups in total. The lowest BCUT2D eigenvalue weighted by atomic mass is 10.1. The maximum absolute atomic E-state index is 12.9. The van der Waals surface area contributed by atoms with Gasteiger partial charge in [-0.15, -0.1) is 5.10 Å². The van der Waals surface area contributed by atoms with Gasteiger partial charge in [-0.25, -0.2) is 10.1 Å². The lowest BCUT2D eigenvalue weighted by Gasteiger charge is -2.06. The molecule has 0 atom stereocenters. The molecule has 4 aromatic rings. The zero-order valence-corrected chi connectivity index (χ0v) is 17.5. The van der Waals surface area contributed by atoms with Crippen molar-refractivity contribution in [2.24, 2.45) is 5.10 Å². The number of amides is 1. The number of halogens is 2. The number of aromatic nitrogens is 5. The van der Waals surface area contributed by atoms with Gasteiger partial charge in [-0.1, -0.05) is 64.8 Å². The number of anilines is 1. The van der Waals surface area contributed by atoms with E-state index in [-0.39, 0.29) is 17.3 Å². The second-order valence-electron chi connectivity index (χ2n) is 6.30. The molecule has 12 heteroatoms. The molecule has 10 nitrogen and oxygen atoms in total. The molecule has 2 aromatic heterocycles. The SMILES string of the molecule is C/C(=N\NC(=O)c1nnn(-c2nonc2N)c1-c1ccccc1)c1ccc(Cl)c(Cl)c1. The molecule has 2 heterocycles. The number of nitrogens with one attached hydrogen (secondary N) is 1. The maximum Gasteiger partial charge on any atom is 0.294 e. The van der Waals surface area contributed by atoms with Crippen molar-refractivity contribution >= 4 is 40.6 Å². The number of carbonyl (C=O) groups is 1. The van der Waals surface area contributed by atoms with Gasteiger partial charge in [-0.2, -0.15) is 9.78 Å². The van der Waals surface area contributed by atoms with Crippen LogP contribution in [0.25, 0.3) is 17.1 Å². The van der Waals surface area contributed by atoms with Gasteiger partial charge in [0, 0.05) is 5.56 Å². The van der Waals surface area contributed by atoms with Gasteiger partial charge < -0.3 is 5.73 Å². The number of rotatable bonds is 5. The summed E-state index contributed by atoms with van der Waals surface area (Å²) in [6.45, 7) is 1.72. The van der Waals surface area contributed by atoms with Crippen LogP contribution < -0.4 is 11.2 Å². The van der Waals surface area contributed by atoms with Gasteiger partial charge >= 0.3 is 0 Å². The zero-order chi connectivity index (χ0) is 22.0. The van der Waals surface area contributed by atoms with E-state index in [1.54, 1.807) is 37.3 Å². The smallest absolute Gasteiger partial charge is 0.294 e. The molecule has 0 aliphatic heterocycles. The first-order valence-electron chi connectivity index (χ1n) is 8.85. The van der Waals surface area contributed by atoms with Crippen LogP contribution in [0.3, 0.4) is 0 Å². The molecule has 0 unspecified atom stereocenters. The summed E-state index contributed by atoms with van der Waals surface area (Å²) in [5.74, 6) is -0.469. The first kappa shape index (κ1) is 20.5. The van der Waals surface area contributed by atoms with Crippen LogP contribution >= 0.6 is 23.2 Å². The second-order valence-corrected chi connectivity index (χ2v) is 7.12. The third-order valence-electron chi connectivity index (χ3n) is 4.29. The number of nitrogens with zero attached hydrogens (tertiary/aromatic N) is 6. The van der Waals surface area contributed by atoms with E-state index in [0.29, 0.717) is 32.6 Å². The van der Waals surface area contributed by atoms with Crippen LogP contribution in [0, 0.1) is 0 Å². The lowest BCUT2D eigenvalue weighted by Crippen LogP contribution is -2.21. The van der Waals surface area contributed by atoms with E-state index < -0.39 is 5.91 Å². The number of hydrazone groups is 1. The molecule has 2 aromatic carbocycles. The number of hydrogen-bond acceptors (Lipinski definition) is 8. The van der Waals surface area contributed by atoms with Crippen molar-refractivity contribution in [1.29, 1.82) is 0 Å². The van der Waals surface area contributed by atoms with Crippen molar-refractivity contribution in [3.8, 4) is 17.1 Å². The standard InChI is InChI=1S/C19H14Cl2N8O2/c1-10(12-7-8-13(20)14(21)9-12)23-25-19(30)15-16(11-5-3-2-4-6-11)29(28-24-15)18-17(22)26-31-27-18/h2-9H,1H3,(H2,22,26)(H,25,30)/b23-10+. The molecule has 0 spiro atoms. The zero-order valence-electron chi connectivity index (χ0n) is 16.0. The Balaban J connectivity index is 1.69. The predicted octanol–water partition coefficient (Wildman–Crippen LogP) is 3.36. The van der Waals surface area contributed by atoms with E-state index in [2.05, 4.69) is 35.8 Å². The summed E-state index contributed by atoms with van der Waals surface area (Å²) in [6.07, 6.45) is 0. The van der Waals surface area contributed by atoms with E-state index in [9.17, 15) is 4.79 Å². The van der Waals surface area contributed by atoms with Crippen molar-refractivity contribution in [3.63, 3.8) is 0 Å². The Morgan fingerprint density at radius 1 is 1.13 bits per heavy atom. The van der Waals surface area contributed by atoms with Gasteiger partial charge in [0.25, 0.3) is 5.91 Å². The van der Waals surface area contributed by atoms with Gasteiger partial charge in [-0.3, -0.25) is 4.79 Å². The second kappa shape index (κ2) is 8.54. The number of carbonyl (C=O) groups excluding carboxylic acids is 1. The number of hydrogen-bond donors (Lipinski definition) is 2. The Kier molecular flexibility index (Phi) is 5.65. The highest BCUT2D eigenvalue weighted by atomic mass is 35.5. The van der Waals surface area contributed by atoms with Crippen LogP contribution in [-0.2, 0) is 0 Å². The third kappa shape index (κ3) is 4.11. The number of benzene rings is 2. The summed E-state index contributed by atoms with van der Waals surface area (Å²) in [4.78, 5) is 12.9. The molecule has 0 saturated carbocycles. The van der Waals surface area contributed by atoms with Gasteiger partial charge in [0.15, 0.2) is 5.69 Å². The van der Waals surface area contributed by atoms with Gasteiger partial charge in [0.05, 0.1) is 15.8 Å². The highest BCUT2D eigenvalue weighted by Gasteiger charge is 2.25. The average Bonchev–Trinajstić information content (AvgIpc) is 3.40. The fourth-order valence-electron chi connectivity index (χ4n) is 2.75. The highest BCUT2D eigenvalue weighted by Crippen LogP contribution is 2.26. The van der Waals surface area contributed by atoms with E-state index >= 15 is 0 Å². The topological polar surface area (TPSA) is 137 Å². The fourth-order valence-corrected chi connectivity index (χ4v) is 3.05. The van der Waals surface area contributed by atoms with Crippen LogP contribution in [0.2, 0.25) is 10.0 Å². The monoisotopic (exact) mass is 456 g/mol. The molecule has 0 bridgehead atoms. The van der Waals surface area contributed by atoms with E-state index in [1.807, 2.05) is 18.2 Å². The average molecular weight is 457 g/mol.